The maximum Gasteiger partial charge on any atom is 0.273 e. The van der Waals surface area contributed by atoms with E-state index >= 15 is 0 Å². The maximum absolute atomic E-state index is 13.4. The van der Waals surface area contributed by atoms with Gasteiger partial charge >= 0.3 is 0 Å². The fourth-order valence-corrected chi connectivity index (χ4v) is 4.62. The lowest BCUT2D eigenvalue weighted by Crippen LogP contribution is -2.54. The summed E-state index contributed by atoms with van der Waals surface area (Å²) in [6.45, 7) is 3.62. The van der Waals surface area contributed by atoms with Crippen molar-refractivity contribution in [2.24, 2.45) is 0 Å². The van der Waals surface area contributed by atoms with Gasteiger partial charge in [0.1, 0.15) is 11.3 Å². The Kier molecular flexibility index (Phi) is 6.85. The number of aryl methyl sites for hydroxylation is 1. The molecule has 0 atom stereocenters. The number of hydrogen-bond acceptors (Lipinski definition) is 6. The van der Waals surface area contributed by atoms with Crippen molar-refractivity contribution in [3.05, 3.63) is 85.1 Å². The third-order valence-corrected chi connectivity index (χ3v) is 6.75. The number of carbonyl (C=O) groups excluding carboxylic acids is 2. The molecule has 0 aliphatic carbocycles. The lowest BCUT2D eigenvalue weighted by atomic mass is 10.1. The Morgan fingerprint density at radius 2 is 1.83 bits per heavy atom. The molecule has 184 valence electrons. The molecule has 1 saturated heterocycles. The number of anilines is 1. The van der Waals surface area contributed by atoms with Crippen LogP contribution in [0.25, 0.3) is 11.8 Å². The smallest absolute Gasteiger partial charge is 0.273 e. The van der Waals surface area contributed by atoms with Gasteiger partial charge in [0.05, 0.1) is 39.5 Å². The number of carbonyl (C=O) groups is 2. The van der Waals surface area contributed by atoms with E-state index in [1.54, 1.807) is 37.3 Å². The molecule has 4 rings (SSSR count). The van der Waals surface area contributed by atoms with Gasteiger partial charge in [-0.15, -0.1) is 0 Å². The largest absolute Gasteiger partial charge is 0.494 e. The second-order valence-corrected chi connectivity index (χ2v) is 8.98. The summed E-state index contributed by atoms with van der Waals surface area (Å²) in [5.41, 5.74) is 2.54. The van der Waals surface area contributed by atoms with E-state index in [0.29, 0.717) is 22.7 Å². The number of thiocarbonyl (C=S) groups is 1. The van der Waals surface area contributed by atoms with Gasteiger partial charge in [0.25, 0.3) is 17.5 Å². The highest BCUT2D eigenvalue weighted by Gasteiger charge is 2.36. The first kappa shape index (κ1) is 25.4. The standard InChI is InChI=1S/C24H18Cl2N4O5S/c1-12-9-14(13(2)28(12)18-8-7-15(30(33)34)11-20(18)35-3)10-16-22(31)27-24(36)29(23(16)32)19-6-4-5-17(25)21(19)26/h4-11H,1-3H3,(H,27,31,36)/b16-10+. The molecule has 2 heterocycles. The molecule has 9 nitrogen and oxygen atoms in total. The number of amides is 2. The molecule has 0 saturated carbocycles. The van der Waals surface area contributed by atoms with E-state index in [1.807, 2.05) is 11.5 Å². The second kappa shape index (κ2) is 9.73. The van der Waals surface area contributed by atoms with E-state index in [-0.39, 0.29) is 32.1 Å². The van der Waals surface area contributed by atoms with Crippen LogP contribution in [-0.4, -0.2) is 33.5 Å². The highest BCUT2D eigenvalue weighted by Crippen LogP contribution is 2.35. The van der Waals surface area contributed by atoms with Crippen LogP contribution in [0, 0.1) is 24.0 Å². The predicted octanol–water partition coefficient (Wildman–Crippen LogP) is 5.15. The molecule has 1 aliphatic rings. The van der Waals surface area contributed by atoms with Crippen LogP contribution in [0.1, 0.15) is 17.0 Å². The molecule has 36 heavy (non-hydrogen) atoms. The van der Waals surface area contributed by atoms with Crippen molar-refractivity contribution in [2.75, 3.05) is 12.0 Å². The van der Waals surface area contributed by atoms with Gasteiger partial charge in [-0.25, -0.2) is 0 Å². The minimum atomic E-state index is -0.661. The number of non-ortho nitro benzene ring substituents is 1. The molecule has 1 fully saturated rings. The van der Waals surface area contributed by atoms with Crippen molar-refractivity contribution in [1.29, 1.82) is 0 Å². The van der Waals surface area contributed by atoms with Gasteiger partial charge in [0.15, 0.2) is 5.11 Å². The number of nitro benzene ring substituents is 1. The van der Waals surface area contributed by atoms with Crippen molar-refractivity contribution in [2.45, 2.75) is 13.8 Å². The number of rotatable bonds is 5. The Morgan fingerprint density at radius 1 is 1.11 bits per heavy atom. The van der Waals surface area contributed by atoms with Gasteiger partial charge in [-0.3, -0.25) is 29.9 Å². The van der Waals surface area contributed by atoms with Crippen LogP contribution >= 0.6 is 35.4 Å². The van der Waals surface area contributed by atoms with Gasteiger partial charge in [0.2, 0.25) is 0 Å². The topological polar surface area (TPSA) is 107 Å². The Hall–Kier alpha value is -3.73. The predicted molar refractivity (Wildman–Crippen MR) is 141 cm³/mol. The highest BCUT2D eigenvalue weighted by molar-refractivity contribution is 7.80. The first-order chi connectivity index (χ1) is 17.0. The monoisotopic (exact) mass is 544 g/mol. The Bertz CT molecular complexity index is 1500. The Balaban J connectivity index is 1.80. The number of benzene rings is 2. The summed E-state index contributed by atoms with van der Waals surface area (Å²) in [6, 6.07) is 10.8. The molecule has 3 aromatic rings. The van der Waals surface area contributed by atoms with Gasteiger partial charge in [0, 0.05) is 17.5 Å². The normalized spacial score (nSPS) is 14.9. The van der Waals surface area contributed by atoms with Crippen LogP contribution in [0.2, 0.25) is 10.0 Å². The van der Waals surface area contributed by atoms with Crippen LogP contribution in [0.5, 0.6) is 5.75 Å². The number of nitrogens with one attached hydrogen (secondary N) is 1. The number of nitro groups is 1. The lowest BCUT2D eigenvalue weighted by Gasteiger charge is -2.29. The van der Waals surface area contributed by atoms with Crippen molar-refractivity contribution in [1.82, 2.24) is 9.88 Å². The van der Waals surface area contributed by atoms with Crippen molar-refractivity contribution in [3.8, 4) is 11.4 Å². The van der Waals surface area contributed by atoms with Crippen LogP contribution in [0.4, 0.5) is 11.4 Å². The van der Waals surface area contributed by atoms with Gasteiger partial charge < -0.3 is 9.30 Å². The van der Waals surface area contributed by atoms with E-state index in [9.17, 15) is 19.7 Å². The molecule has 1 N–H and O–H groups in total. The summed E-state index contributed by atoms with van der Waals surface area (Å²) in [6.07, 6.45) is 1.46. The molecular formula is C24H18Cl2N4O5S. The number of halogens is 2. The zero-order valence-corrected chi connectivity index (χ0v) is 21.5. The average Bonchev–Trinajstić information content (AvgIpc) is 3.11. The van der Waals surface area contributed by atoms with Crippen LogP contribution < -0.4 is 15.0 Å². The molecule has 0 spiro atoms. The average molecular weight is 545 g/mol. The number of nitrogens with zero attached hydrogens (tertiary/aromatic N) is 3. The van der Waals surface area contributed by atoms with Crippen molar-refractivity contribution < 1.29 is 19.2 Å². The minimum absolute atomic E-state index is 0.111. The van der Waals surface area contributed by atoms with E-state index in [1.165, 1.54) is 25.3 Å². The van der Waals surface area contributed by atoms with Gasteiger partial charge in [-0.05, 0) is 62.0 Å². The molecule has 2 amide bonds. The zero-order chi connectivity index (χ0) is 26.3. The van der Waals surface area contributed by atoms with E-state index in [2.05, 4.69) is 5.32 Å². The number of aromatic nitrogens is 1. The van der Waals surface area contributed by atoms with E-state index < -0.39 is 16.7 Å². The Morgan fingerprint density at radius 3 is 2.50 bits per heavy atom. The maximum atomic E-state index is 13.4. The minimum Gasteiger partial charge on any atom is -0.494 e. The molecule has 12 heteroatoms. The second-order valence-electron chi connectivity index (χ2n) is 7.81. The van der Waals surface area contributed by atoms with E-state index in [4.69, 9.17) is 40.2 Å². The summed E-state index contributed by atoms with van der Waals surface area (Å²) in [7, 11) is 1.42. The molecule has 1 aromatic heterocycles. The van der Waals surface area contributed by atoms with E-state index in [0.717, 1.165) is 10.6 Å². The third-order valence-electron chi connectivity index (χ3n) is 5.66. The summed E-state index contributed by atoms with van der Waals surface area (Å²) in [4.78, 5) is 37.9. The quantitative estimate of drug-likeness (QED) is 0.156. The molecule has 0 radical (unpaired) electrons. The highest BCUT2D eigenvalue weighted by atomic mass is 35.5. The first-order valence-electron chi connectivity index (χ1n) is 10.4. The third kappa shape index (κ3) is 4.34. The van der Waals surface area contributed by atoms with Gasteiger partial charge in [-0.1, -0.05) is 29.3 Å². The SMILES string of the molecule is COc1cc([N+](=O)[O-])ccc1-n1c(C)cc(/C=C2\C(=O)NC(=S)N(c3cccc(Cl)c3Cl)C2=O)c1C. The van der Waals surface area contributed by atoms with Gasteiger partial charge in [-0.2, -0.15) is 0 Å². The fourth-order valence-electron chi connectivity index (χ4n) is 3.97. The lowest BCUT2D eigenvalue weighted by molar-refractivity contribution is -0.384. The molecule has 2 aromatic carbocycles. The molecule has 0 bridgehead atoms. The number of hydrogen-bond donors (Lipinski definition) is 1. The number of ether oxygens (including phenoxy) is 1. The first-order valence-corrected chi connectivity index (χ1v) is 11.6. The fraction of sp³-hybridized carbons (Fsp3) is 0.125. The zero-order valence-electron chi connectivity index (χ0n) is 19.2. The summed E-state index contributed by atoms with van der Waals surface area (Å²) in [5.74, 6) is -1.02. The van der Waals surface area contributed by atoms with Crippen LogP contribution in [0.3, 0.4) is 0 Å². The Labute approximate surface area is 221 Å². The number of methoxy groups -OCH3 is 1. The molecule has 1 aliphatic heterocycles. The van der Waals surface area contributed by atoms with Crippen molar-refractivity contribution >= 4 is 69.8 Å². The van der Waals surface area contributed by atoms with Crippen LogP contribution in [-0.2, 0) is 9.59 Å². The van der Waals surface area contributed by atoms with Crippen LogP contribution in [0.15, 0.2) is 48.0 Å². The van der Waals surface area contributed by atoms with Crippen molar-refractivity contribution in [3.63, 3.8) is 0 Å². The summed E-state index contributed by atoms with van der Waals surface area (Å²) in [5, 5.41) is 13.9. The molecule has 0 unspecified atom stereocenters. The summed E-state index contributed by atoms with van der Waals surface area (Å²) >= 11 is 17.6. The summed E-state index contributed by atoms with van der Waals surface area (Å²) < 4.78 is 7.20. The molecular weight excluding hydrogens is 527 g/mol.